The Hall–Kier alpha value is -1.33. The average Bonchev–Trinajstić information content (AvgIpc) is 3.13. The predicted molar refractivity (Wildman–Crippen MR) is 87.0 cm³/mol. The molecule has 1 unspecified atom stereocenters. The molecular formula is C16H23N3OS. The van der Waals surface area contributed by atoms with Gasteiger partial charge in [-0.05, 0) is 49.6 Å². The number of aromatic nitrogens is 2. The molecule has 0 aliphatic heterocycles. The van der Waals surface area contributed by atoms with Crippen LogP contribution in [-0.4, -0.2) is 22.8 Å². The van der Waals surface area contributed by atoms with Crippen molar-refractivity contribution in [1.82, 2.24) is 9.55 Å². The lowest BCUT2D eigenvalue weighted by molar-refractivity contribution is 0.142. The summed E-state index contributed by atoms with van der Waals surface area (Å²) in [6.45, 7) is 4.58. The van der Waals surface area contributed by atoms with E-state index in [1.807, 2.05) is 30.7 Å². The van der Waals surface area contributed by atoms with Gasteiger partial charge in [0.1, 0.15) is 0 Å². The largest absolute Gasteiger partial charge is 0.382 e. The van der Waals surface area contributed by atoms with Gasteiger partial charge in [-0.3, -0.25) is 0 Å². The van der Waals surface area contributed by atoms with Crippen LogP contribution in [0.4, 0.5) is 5.95 Å². The van der Waals surface area contributed by atoms with Gasteiger partial charge in [0.25, 0.3) is 0 Å². The van der Waals surface area contributed by atoms with Crippen molar-refractivity contribution in [3.8, 4) is 0 Å². The second-order valence-corrected chi connectivity index (χ2v) is 6.38. The number of aryl methyl sites for hydroxylation is 2. The normalized spacial score (nSPS) is 17.7. The lowest BCUT2D eigenvalue weighted by Gasteiger charge is -2.24. The van der Waals surface area contributed by atoms with E-state index in [1.54, 1.807) is 0 Å². The van der Waals surface area contributed by atoms with Crippen LogP contribution in [0.3, 0.4) is 0 Å². The minimum Gasteiger partial charge on any atom is -0.382 e. The van der Waals surface area contributed by atoms with Gasteiger partial charge in [0, 0.05) is 37.0 Å². The fourth-order valence-corrected chi connectivity index (χ4v) is 3.89. The number of nitrogens with one attached hydrogen (secondary N) is 1. The molecule has 0 amide bonds. The van der Waals surface area contributed by atoms with Crippen LogP contribution in [0.1, 0.15) is 42.7 Å². The number of nitrogens with zero attached hydrogens (tertiary/aromatic N) is 2. The summed E-state index contributed by atoms with van der Waals surface area (Å²) < 4.78 is 7.60. The second-order valence-electron chi connectivity index (χ2n) is 5.38. The van der Waals surface area contributed by atoms with Gasteiger partial charge in [-0.25, -0.2) is 4.98 Å². The summed E-state index contributed by atoms with van der Waals surface area (Å²) in [4.78, 5) is 6.02. The van der Waals surface area contributed by atoms with E-state index in [-0.39, 0.29) is 0 Å². The van der Waals surface area contributed by atoms with Crippen LogP contribution in [0.25, 0.3) is 0 Å². The number of ether oxygens (including phenoxy) is 1. The van der Waals surface area contributed by atoms with Crippen LogP contribution < -0.4 is 5.32 Å². The molecule has 1 aliphatic rings. The van der Waals surface area contributed by atoms with Crippen molar-refractivity contribution in [2.24, 2.45) is 0 Å². The molecule has 3 rings (SSSR count). The summed E-state index contributed by atoms with van der Waals surface area (Å²) in [7, 11) is 0. The minimum atomic E-state index is 0.410. The first-order valence-corrected chi connectivity index (χ1v) is 8.68. The summed E-state index contributed by atoms with van der Waals surface area (Å²) in [6, 6.07) is 2.67. The van der Waals surface area contributed by atoms with Crippen molar-refractivity contribution in [3.63, 3.8) is 0 Å². The van der Waals surface area contributed by atoms with Gasteiger partial charge in [0.15, 0.2) is 0 Å². The molecule has 1 atom stereocenters. The van der Waals surface area contributed by atoms with Gasteiger partial charge < -0.3 is 14.6 Å². The highest BCUT2D eigenvalue weighted by Gasteiger charge is 2.22. The lowest BCUT2D eigenvalue weighted by Crippen LogP contribution is -2.18. The second kappa shape index (κ2) is 7.09. The van der Waals surface area contributed by atoms with E-state index in [1.165, 1.54) is 29.7 Å². The van der Waals surface area contributed by atoms with E-state index in [2.05, 4.69) is 26.3 Å². The van der Waals surface area contributed by atoms with Crippen LogP contribution in [0.2, 0.25) is 0 Å². The van der Waals surface area contributed by atoms with Crippen molar-refractivity contribution >= 4 is 17.3 Å². The maximum absolute atomic E-state index is 5.40. The van der Waals surface area contributed by atoms with E-state index in [0.717, 1.165) is 32.1 Å². The lowest BCUT2D eigenvalue weighted by atomic mass is 9.94. The molecule has 0 spiro atoms. The zero-order chi connectivity index (χ0) is 14.5. The molecule has 4 nitrogen and oxygen atoms in total. The third-order valence-corrected chi connectivity index (χ3v) is 4.96. The molecule has 0 bridgehead atoms. The van der Waals surface area contributed by atoms with Crippen LogP contribution in [0, 0.1) is 0 Å². The van der Waals surface area contributed by atoms with Crippen molar-refractivity contribution < 1.29 is 4.74 Å². The third kappa shape index (κ3) is 3.47. The standard InChI is InChI=1S/C16H23N3OS/c1-2-20-11-4-9-19-10-8-17-16(19)18-14-5-3-6-15-13(14)7-12-21-15/h7-8,10,12,14H,2-6,9,11H2,1H3,(H,17,18). The zero-order valence-electron chi connectivity index (χ0n) is 12.5. The fourth-order valence-electron chi connectivity index (χ4n) is 2.90. The highest BCUT2D eigenvalue weighted by Crippen LogP contribution is 2.35. The Bertz CT molecular complexity index is 563. The first-order chi connectivity index (χ1) is 10.4. The van der Waals surface area contributed by atoms with Gasteiger partial charge in [0.05, 0.1) is 6.04 Å². The van der Waals surface area contributed by atoms with Gasteiger partial charge in [-0.1, -0.05) is 0 Å². The minimum absolute atomic E-state index is 0.410. The Labute approximate surface area is 130 Å². The molecular weight excluding hydrogens is 282 g/mol. The molecule has 0 aromatic carbocycles. The zero-order valence-corrected chi connectivity index (χ0v) is 13.4. The third-order valence-electron chi connectivity index (χ3n) is 3.96. The Morgan fingerprint density at radius 1 is 1.52 bits per heavy atom. The van der Waals surface area contributed by atoms with Crippen LogP contribution in [0.15, 0.2) is 23.8 Å². The Kier molecular flexibility index (Phi) is 4.93. The number of hydrogen-bond donors (Lipinski definition) is 1. The summed E-state index contributed by atoms with van der Waals surface area (Å²) >= 11 is 1.88. The Morgan fingerprint density at radius 2 is 2.48 bits per heavy atom. The highest BCUT2D eigenvalue weighted by molar-refractivity contribution is 7.10. The maximum Gasteiger partial charge on any atom is 0.203 e. The molecule has 0 saturated carbocycles. The molecule has 21 heavy (non-hydrogen) atoms. The number of hydrogen-bond acceptors (Lipinski definition) is 4. The van der Waals surface area contributed by atoms with Gasteiger partial charge in [0.2, 0.25) is 5.95 Å². The van der Waals surface area contributed by atoms with Crippen molar-refractivity contribution in [2.75, 3.05) is 18.5 Å². The number of thiophene rings is 1. The molecule has 114 valence electrons. The van der Waals surface area contributed by atoms with Crippen LogP contribution in [0.5, 0.6) is 0 Å². The SMILES string of the molecule is CCOCCCn1ccnc1NC1CCCc2sccc21. The highest BCUT2D eigenvalue weighted by atomic mass is 32.1. The summed E-state index contributed by atoms with van der Waals surface area (Å²) in [5, 5.41) is 5.84. The van der Waals surface area contributed by atoms with Gasteiger partial charge in [-0.2, -0.15) is 0 Å². The Morgan fingerprint density at radius 3 is 3.38 bits per heavy atom. The first-order valence-electron chi connectivity index (χ1n) is 7.80. The van der Waals surface area contributed by atoms with Gasteiger partial charge >= 0.3 is 0 Å². The van der Waals surface area contributed by atoms with Crippen molar-refractivity contribution in [3.05, 3.63) is 34.3 Å². The van der Waals surface area contributed by atoms with Crippen LogP contribution in [-0.2, 0) is 17.7 Å². The molecule has 5 heteroatoms. The summed E-state index contributed by atoms with van der Waals surface area (Å²) in [5.41, 5.74) is 1.47. The van der Waals surface area contributed by atoms with Crippen molar-refractivity contribution in [1.29, 1.82) is 0 Å². The van der Waals surface area contributed by atoms with E-state index < -0.39 is 0 Å². The monoisotopic (exact) mass is 305 g/mol. The Balaban J connectivity index is 1.63. The molecule has 2 aromatic heterocycles. The fraction of sp³-hybridized carbons (Fsp3) is 0.562. The average molecular weight is 305 g/mol. The maximum atomic E-state index is 5.40. The van der Waals surface area contributed by atoms with Crippen molar-refractivity contribution in [2.45, 2.75) is 45.2 Å². The molecule has 2 heterocycles. The topological polar surface area (TPSA) is 39.1 Å². The molecule has 0 saturated heterocycles. The van der Waals surface area contributed by atoms with Crippen LogP contribution >= 0.6 is 11.3 Å². The van der Waals surface area contributed by atoms with E-state index in [9.17, 15) is 0 Å². The predicted octanol–water partition coefficient (Wildman–Crippen LogP) is 3.86. The number of rotatable bonds is 7. The number of imidazole rings is 1. The van der Waals surface area contributed by atoms with E-state index in [4.69, 9.17) is 4.74 Å². The number of anilines is 1. The number of fused-ring (bicyclic) bond motifs is 1. The quantitative estimate of drug-likeness (QED) is 0.790. The molecule has 2 aromatic rings. The van der Waals surface area contributed by atoms with E-state index in [0.29, 0.717) is 6.04 Å². The first kappa shape index (κ1) is 14.6. The summed E-state index contributed by atoms with van der Waals surface area (Å²) in [5.74, 6) is 0.982. The smallest absolute Gasteiger partial charge is 0.203 e. The molecule has 1 aliphatic carbocycles. The molecule has 1 N–H and O–H groups in total. The van der Waals surface area contributed by atoms with E-state index >= 15 is 0 Å². The molecule has 0 radical (unpaired) electrons. The summed E-state index contributed by atoms with van der Waals surface area (Å²) in [6.07, 6.45) is 8.62. The van der Waals surface area contributed by atoms with Gasteiger partial charge in [-0.15, -0.1) is 11.3 Å². The molecule has 0 fully saturated rings.